The number of rotatable bonds is 10. The molecule has 0 radical (unpaired) electrons. The van der Waals surface area contributed by atoms with Gasteiger partial charge < -0.3 is 24.2 Å². The van der Waals surface area contributed by atoms with E-state index in [4.69, 9.17) is 19.5 Å². The Morgan fingerprint density at radius 3 is 2.51 bits per heavy atom. The van der Waals surface area contributed by atoms with Crippen molar-refractivity contribution in [2.45, 2.75) is 32.3 Å². The van der Waals surface area contributed by atoms with E-state index in [0.717, 1.165) is 28.5 Å². The van der Waals surface area contributed by atoms with Gasteiger partial charge in [-0.15, -0.1) is 0 Å². The van der Waals surface area contributed by atoms with Gasteiger partial charge in [-0.1, -0.05) is 66.8 Å². The van der Waals surface area contributed by atoms with Crippen LogP contribution in [0, 0.1) is 0 Å². The van der Waals surface area contributed by atoms with Gasteiger partial charge in [-0.3, -0.25) is 5.32 Å². The zero-order valence-electron chi connectivity index (χ0n) is 20.7. The molecule has 4 N–H and O–H groups in total. The van der Waals surface area contributed by atoms with Gasteiger partial charge in [0.2, 0.25) is 0 Å². The normalized spacial score (nSPS) is 15.1. The maximum absolute atomic E-state index is 8.58. The highest BCUT2D eigenvalue weighted by atomic mass is 32.2. The molecule has 1 aliphatic rings. The number of nitrogens with zero attached hydrogens (tertiary/aromatic N) is 1. The molecule has 7 nitrogen and oxygen atoms in total. The van der Waals surface area contributed by atoms with Crippen LogP contribution in [-0.2, 0) is 6.54 Å². The van der Waals surface area contributed by atoms with Crippen LogP contribution in [0.3, 0.4) is 0 Å². The van der Waals surface area contributed by atoms with Gasteiger partial charge >= 0.3 is 7.12 Å². The van der Waals surface area contributed by atoms with Crippen LogP contribution in [0.2, 0.25) is 0 Å². The molecular weight excluding hydrogens is 461 g/mol. The van der Waals surface area contributed by atoms with Gasteiger partial charge in [0.15, 0.2) is 5.50 Å². The van der Waals surface area contributed by atoms with Crippen molar-refractivity contribution in [1.82, 2.24) is 10.0 Å². The summed E-state index contributed by atoms with van der Waals surface area (Å²) in [5, 5.41) is 20.6. The van der Waals surface area contributed by atoms with Crippen molar-refractivity contribution >= 4 is 30.4 Å². The largest absolute Gasteiger partial charge is 0.497 e. The number of hydrogen-bond donors (Lipinski definition) is 4. The third-order valence-corrected chi connectivity index (χ3v) is 5.90. The van der Waals surface area contributed by atoms with E-state index in [-0.39, 0.29) is 5.50 Å². The summed E-state index contributed by atoms with van der Waals surface area (Å²) in [4.78, 5) is 4.66. The first-order chi connectivity index (χ1) is 16.9. The van der Waals surface area contributed by atoms with E-state index in [0.29, 0.717) is 18.4 Å². The molecule has 9 heteroatoms. The highest BCUT2D eigenvalue weighted by Gasteiger charge is 2.18. The smallest absolute Gasteiger partial charge is 0.488 e. The zero-order valence-corrected chi connectivity index (χ0v) is 21.5. The van der Waals surface area contributed by atoms with Crippen molar-refractivity contribution in [2.75, 3.05) is 14.2 Å². The Kier molecular flexibility index (Phi) is 12.2. The van der Waals surface area contributed by atoms with Gasteiger partial charge in [0.1, 0.15) is 17.3 Å². The van der Waals surface area contributed by atoms with Gasteiger partial charge in [-0.2, -0.15) is 0 Å². The van der Waals surface area contributed by atoms with Crippen LogP contribution in [0.5, 0.6) is 11.5 Å². The second kappa shape index (κ2) is 15.1. The third kappa shape index (κ3) is 10.0. The number of benzene rings is 2. The second-order valence-electron chi connectivity index (χ2n) is 7.69. The molecule has 0 bridgehead atoms. The maximum atomic E-state index is 8.58. The molecule has 0 fully saturated rings. The first-order valence-corrected chi connectivity index (χ1v) is 12.1. The highest BCUT2D eigenvalue weighted by Crippen LogP contribution is 2.25. The quantitative estimate of drug-likeness (QED) is 0.228. The molecule has 0 saturated carbocycles. The minimum atomic E-state index is -1.34. The Hall–Kier alpha value is -2.98. The Morgan fingerprint density at radius 1 is 1.17 bits per heavy atom. The fourth-order valence-corrected chi connectivity index (χ4v) is 3.65. The summed E-state index contributed by atoms with van der Waals surface area (Å²) in [6.45, 7) is 8.84. The number of hydrogen-bond acceptors (Lipinski definition) is 8. The van der Waals surface area contributed by atoms with Crippen molar-refractivity contribution in [3.63, 3.8) is 0 Å². The monoisotopic (exact) mass is 495 g/mol. The van der Waals surface area contributed by atoms with E-state index in [1.165, 1.54) is 5.57 Å². The van der Waals surface area contributed by atoms with E-state index >= 15 is 0 Å². The van der Waals surface area contributed by atoms with Crippen LogP contribution in [0.4, 0.5) is 0 Å². The van der Waals surface area contributed by atoms with Crippen molar-refractivity contribution in [3.8, 4) is 11.5 Å². The summed E-state index contributed by atoms with van der Waals surface area (Å²) in [6, 6.07) is 14.5. The second-order valence-corrected chi connectivity index (χ2v) is 8.58. The SMILES string of the molecule is C=C(/C=C\C(C)=C/C)CC1=NC(NCc2ccc(OC)cc2OC)SN1.OB(O)c1ccccc1. The van der Waals surface area contributed by atoms with Crippen molar-refractivity contribution < 1.29 is 19.5 Å². The van der Waals surface area contributed by atoms with Crippen LogP contribution in [-0.4, -0.2) is 42.7 Å². The number of ether oxygens (including phenoxy) is 2. The van der Waals surface area contributed by atoms with Gasteiger partial charge in [0.25, 0.3) is 0 Å². The standard InChI is InChI=1S/C20H27N3O2S.C6H7BO2/c1-6-14(2)7-8-15(3)11-19-22-20(26-23-19)21-13-16-9-10-17(24-4)12-18(16)25-5;8-7(9)6-4-2-1-3-5-6/h6-10,12,20-21H,3,11,13H2,1-2,4-5H3,(H,22,23);1-5,8-9H/b8-7-,14-6-;. The Bertz CT molecular complexity index is 1040. The Balaban J connectivity index is 0.000000402. The number of nitrogens with one attached hydrogen (secondary N) is 2. The molecule has 0 amide bonds. The zero-order chi connectivity index (χ0) is 25.6. The van der Waals surface area contributed by atoms with Crippen LogP contribution in [0.1, 0.15) is 25.8 Å². The number of methoxy groups -OCH3 is 2. The van der Waals surface area contributed by atoms with Gasteiger partial charge in [0.05, 0.1) is 14.2 Å². The molecule has 2 aromatic carbocycles. The van der Waals surface area contributed by atoms with Crippen molar-refractivity contribution in [3.05, 3.63) is 90.0 Å². The molecule has 0 spiro atoms. The summed E-state index contributed by atoms with van der Waals surface area (Å²) in [7, 11) is 1.97. The van der Waals surface area contributed by atoms with E-state index in [1.54, 1.807) is 50.4 Å². The molecular formula is C26H34BN3O4S. The predicted molar refractivity (Wildman–Crippen MR) is 147 cm³/mol. The summed E-state index contributed by atoms with van der Waals surface area (Å²) in [5.74, 6) is 2.51. The highest BCUT2D eigenvalue weighted by molar-refractivity contribution is 7.98. The van der Waals surface area contributed by atoms with Crippen LogP contribution >= 0.6 is 11.9 Å². The van der Waals surface area contributed by atoms with Gasteiger partial charge in [0, 0.05) is 24.6 Å². The van der Waals surface area contributed by atoms with E-state index in [9.17, 15) is 0 Å². The first kappa shape index (κ1) is 28.3. The lowest BCUT2D eigenvalue weighted by Gasteiger charge is -2.12. The Morgan fingerprint density at radius 2 is 1.91 bits per heavy atom. The minimum Gasteiger partial charge on any atom is -0.497 e. The lowest BCUT2D eigenvalue weighted by Crippen LogP contribution is -2.29. The Labute approximate surface area is 212 Å². The van der Waals surface area contributed by atoms with E-state index in [1.807, 2.05) is 37.3 Å². The molecule has 2 aromatic rings. The van der Waals surface area contributed by atoms with Crippen molar-refractivity contribution in [2.24, 2.45) is 4.99 Å². The minimum absolute atomic E-state index is 0.0362. The number of aliphatic imine (C=N–C) groups is 1. The molecule has 0 aromatic heterocycles. The van der Waals surface area contributed by atoms with E-state index < -0.39 is 7.12 Å². The third-order valence-electron chi connectivity index (χ3n) is 5.05. The summed E-state index contributed by atoms with van der Waals surface area (Å²) in [6.07, 6.45) is 6.88. The molecule has 186 valence electrons. The van der Waals surface area contributed by atoms with Crippen LogP contribution < -0.4 is 25.0 Å². The van der Waals surface area contributed by atoms with Crippen LogP contribution in [0.15, 0.2) is 89.5 Å². The molecule has 1 aliphatic heterocycles. The predicted octanol–water partition coefficient (Wildman–Crippen LogP) is 3.56. The fourth-order valence-electron chi connectivity index (χ4n) is 2.93. The summed E-state index contributed by atoms with van der Waals surface area (Å²) in [5.41, 5.74) is 3.79. The number of amidine groups is 1. The fraction of sp³-hybridized carbons (Fsp3) is 0.269. The molecule has 1 atom stereocenters. The van der Waals surface area contributed by atoms with Crippen molar-refractivity contribution in [1.29, 1.82) is 0 Å². The molecule has 0 aliphatic carbocycles. The van der Waals surface area contributed by atoms with Gasteiger partial charge in [-0.25, -0.2) is 4.99 Å². The molecule has 35 heavy (non-hydrogen) atoms. The molecule has 3 rings (SSSR count). The number of allylic oxidation sites excluding steroid dienone is 4. The average Bonchev–Trinajstić information content (AvgIpc) is 3.33. The molecule has 1 heterocycles. The molecule has 1 unspecified atom stereocenters. The van der Waals surface area contributed by atoms with E-state index in [2.05, 4.69) is 40.7 Å². The first-order valence-electron chi connectivity index (χ1n) is 11.2. The van der Waals surface area contributed by atoms with Crippen LogP contribution in [0.25, 0.3) is 0 Å². The molecule has 0 saturated heterocycles. The maximum Gasteiger partial charge on any atom is 0.488 e. The summed E-state index contributed by atoms with van der Waals surface area (Å²) < 4.78 is 13.9. The average molecular weight is 495 g/mol. The summed E-state index contributed by atoms with van der Waals surface area (Å²) >= 11 is 1.55. The van der Waals surface area contributed by atoms with Gasteiger partial charge in [-0.05, 0) is 42.9 Å². The lowest BCUT2D eigenvalue weighted by atomic mass is 9.81. The lowest BCUT2D eigenvalue weighted by molar-refractivity contribution is 0.389. The topological polar surface area (TPSA) is 95.3 Å².